The van der Waals surface area contributed by atoms with Crippen LogP contribution in [-0.4, -0.2) is 48.7 Å². The number of hydrazone groups is 1. The minimum absolute atomic E-state index is 0.00324. The van der Waals surface area contributed by atoms with Crippen LogP contribution in [0.4, 0.5) is 0 Å². The highest BCUT2D eigenvalue weighted by Crippen LogP contribution is 2.28. The molecule has 104 valence electrons. The van der Waals surface area contributed by atoms with E-state index in [4.69, 9.17) is 0 Å². The molecule has 4 heteroatoms. The second-order valence-corrected chi connectivity index (χ2v) is 5.39. The molecule has 0 spiro atoms. The van der Waals surface area contributed by atoms with Crippen molar-refractivity contribution in [1.29, 1.82) is 0 Å². The van der Waals surface area contributed by atoms with E-state index >= 15 is 0 Å². The summed E-state index contributed by atoms with van der Waals surface area (Å²) in [7, 11) is 3.84. The molecule has 0 radical (unpaired) electrons. The zero-order chi connectivity index (χ0) is 13.7. The normalized spacial score (nSPS) is 26.2. The largest absolute Gasteiger partial charge is 0.343 e. The quantitative estimate of drug-likeness (QED) is 0.720. The Morgan fingerprint density at radius 2 is 1.89 bits per heavy atom. The minimum atomic E-state index is 0.00324. The van der Waals surface area contributed by atoms with Gasteiger partial charge < -0.3 is 9.91 Å². The molecule has 1 saturated carbocycles. The highest BCUT2D eigenvalue weighted by atomic mass is 16.2. The van der Waals surface area contributed by atoms with Crippen LogP contribution in [0.15, 0.2) is 5.10 Å². The van der Waals surface area contributed by atoms with Gasteiger partial charge in [0.05, 0.1) is 11.6 Å². The summed E-state index contributed by atoms with van der Waals surface area (Å²) in [4.78, 5) is 14.4. The summed E-state index contributed by atoms with van der Waals surface area (Å²) in [5, 5.41) is 6.36. The molecule has 1 rings (SSSR count). The fourth-order valence-corrected chi connectivity index (χ4v) is 2.61. The molecule has 2 unspecified atom stereocenters. The molecule has 0 saturated heterocycles. The maximum Gasteiger partial charge on any atom is 0.231 e. The predicted octanol–water partition coefficient (Wildman–Crippen LogP) is 2.21. The molecular formula is C14H27N3O. The highest BCUT2D eigenvalue weighted by Gasteiger charge is 2.32. The molecule has 18 heavy (non-hydrogen) atoms. The SMILES string of the molecule is CCN(CC)C(=O)C1CCC(C)C/C1=N\N(C)C. The van der Waals surface area contributed by atoms with Crippen LogP contribution < -0.4 is 0 Å². The molecule has 0 bridgehead atoms. The van der Waals surface area contributed by atoms with E-state index in [0.29, 0.717) is 5.92 Å². The van der Waals surface area contributed by atoms with Gasteiger partial charge in [-0.25, -0.2) is 0 Å². The van der Waals surface area contributed by atoms with Crippen LogP contribution in [0.5, 0.6) is 0 Å². The van der Waals surface area contributed by atoms with Gasteiger partial charge in [-0.05, 0) is 39.0 Å². The van der Waals surface area contributed by atoms with Crippen LogP contribution in [0, 0.1) is 11.8 Å². The number of carbonyl (C=O) groups is 1. The van der Waals surface area contributed by atoms with Crippen molar-refractivity contribution in [3.63, 3.8) is 0 Å². The van der Waals surface area contributed by atoms with E-state index in [1.165, 1.54) is 0 Å². The Kier molecular flexibility index (Phi) is 5.63. The number of hydrogen-bond acceptors (Lipinski definition) is 3. The summed E-state index contributed by atoms with van der Waals surface area (Å²) < 4.78 is 0. The number of hydrogen-bond donors (Lipinski definition) is 0. The van der Waals surface area contributed by atoms with Crippen LogP contribution in [-0.2, 0) is 4.79 Å². The Labute approximate surface area is 111 Å². The first-order valence-electron chi connectivity index (χ1n) is 7.03. The van der Waals surface area contributed by atoms with E-state index in [-0.39, 0.29) is 11.8 Å². The monoisotopic (exact) mass is 253 g/mol. The van der Waals surface area contributed by atoms with Crippen molar-refractivity contribution in [3.05, 3.63) is 0 Å². The average molecular weight is 253 g/mol. The van der Waals surface area contributed by atoms with Crippen LogP contribution in [0.2, 0.25) is 0 Å². The van der Waals surface area contributed by atoms with Gasteiger partial charge in [0.1, 0.15) is 0 Å². The smallest absolute Gasteiger partial charge is 0.231 e. The lowest BCUT2D eigenvalue weighted by Crippen LogP contribution is -2.42. The van der Waals surface area contributed by atoms with E-state index in [2.05, 4.69) is 12.0 Å². The van der Waals surface area contributed by atoms with Gasteiger partial charge in [0.15, 0.2) is 0 Å². The average Bonchev–Trinajstić information content (AvgIpc) is 2.29. The van der Waals surface area contributed by atoms with Crippen molar-refractivity contribution >= 4 is 11.6 Å². The fraction of sp³-hybridized carbons (Fsp3) is 0.857. The molecule has 0 N–H and O–H groups in total. The minimum Gasteiger partial charge on any atom is -0.343 e. The van der Waals surface area contributed by atoms with E-state index in [0.717, 1.165) is 38.1 Å². The number of nitrogens with zero attached hydrogens (tertiary/aromatic N) is 3. The van der Waals surface area contributed by atoms with Gasteiger partial charge in [0, 0.05) is 27.2 Å². The zero-order valence-corrected chi connectivity index (χ0v) is 12.4. The molecule has 1 amide bonds. The molecule has 0 aromatic carbocycles. The standard InChI is InChI=1S/C14H27N3O/c1-6-17(7-2)14(18)12-9-8-11(3)10-13(12)15-16(4)5/h11-12H,6-10H2,1-5H3/b15-13+. The number of amides is 1. The molecule has 0 aliphatic heterocycles. The molecule has 0 aromatic rings. The van der Waals surface area contributed by atoms with Gasteiger partial charge in [-0.2, -0.15) is 5.10 Å². The van der Waals surface area contributed by atoms with Crippen LogP contribution in [0.1, 0.15) is 40.0 Å². The molecule has 0 aromatic heterocycles. The molecule has 1 aliphatic carbocycles. The van der Waals surface area contributed by atoms with Gasteiger partial charge >= 0.3 is 0 Å². The van der Waals surface area contributed by atoms with Crippen LogP contribution >= 0.6 is 0 Å². The fourth-order valence-electron chi connectivity index (χ4n) is 2.61. The van der Waals surface area contributed by atoms with Gasteiger partial charge in [-0.15, -0.1) is 0 Å². The van der Waals surface area contributed by atoms with Gasteiger partial charge in [-0.3, -0.25) is 4.79 Å². The maximum atomic E-state index is 12.5. The predicted molar refractivity (Wildman–Crippen MR) is 75.6 cm³/mol. The van der Waals surface area contributed by atoms with Crippen LogP contribution in [0.25, 0.3) is 0 Å². The van der Waals surface area contributed by atoms with E-state index in [1.54, 1.807) is 0 Å². The van der Waals surface area contributed by atoms with E-state index in [1.807, 2.05) is 37.9 Å². The molecule has 1 fully saturated rings. The number of rotatable bonds is 4. The van der Waals surface area contributed by atoms with Crippen molar-refractivity contribution in [2.24, 2.45) is 16.9 Å². The van der Waals surface area contributed by atoms with Crippen molar-refractivity contribution in [2.45, 2.75) is 40.0 Å². The summed E-state index contributed by atoms with van der Waals surface area (Å²) in [5.74, 6) is 0.903. The second-order valence-electron chi connectivity index (χ2n) is 5.39. The Bertz CT molecular complexity index is 308. The molecular weight excluding hydrogens is 226 g/mol. The lowest BCUT2D eigenvalue weighted by atomic mass is 9.80. The topological polar surface area (TPSA) is 35.9 Å². The first-order valence-corrected chi connectivity index (χ1v) is 7.03. The maximum absolute atomic E-state index is 12.5. The Balaban J connectivity index is 2.86. The molecule has 0 heterocycles. The summed E-state index contributed by atoms with van der Waals surface area (Å²) >= 11 is 0. The lowest BCUT2D eigenvalue weighted by Gasteiger charge is -2.31. The van der Waals surface area contributed by atoms with Crippen molar-refractivity contribution in [1.82, 2.24) is 9.91 Å². The zero-order valence-electron chi connectivity index (χ0n) is 12.4. The molecule has 2 atom stereocenters. The molecule has 1 aliphatic rings. The highest BCUT2D eigenvalue weighted by molar-refractivity contribution is 6.04. The summed E-state index contributed by atoms with van der Waals surface area (Å²) in [5.41, 5.74) is 1.07. The Morgan fingerprint density at radius 1 is 1.28 bits per heavy atom. The van der Waals surface area contributed by atoms with Gasteiger partial charge in [0.25, 0.3) is 0 Å². The van der Waals surface area contributed by atoms with E-state index < -0.39 is 0 Å². The third-order valence-corrected chi connectivity index (χ3v) is 3.61. The van der Waals surface area contributed by atoms with Crippen molar-refractivity contribution in [3.8, 4) is 0 Å². The third kappa shape index (κ3) is 3.72. The summed E-state index contributed by atoms with van der Waals surface area (Å²) in [6.45, 7) is 7.89. The number of carbonyl (C=O) groups excluding carboxylic acids is 1. The second kappa shape index (κ2) is 6.76. The Hall–Kier alpha value is -1.06. The Morgan fingerprint density at radius 3 is 2.39 bits per heavy atom. The van der Waals surface area contributed by atoms with E-state index in [9.17, 15) is 4.79 Å². The van der Waals surface area contributed by atoms with Gasteiger partial charge in [-0.1, -0.05) is 6.92 Å². The third-order valence-electron chi connectivity index (χ3n) is 3.61. The molecule has 4 nitrogen and oxygen atoms in total. The van der Waals surface area contributed by atoms with Crippen molar-refractivity contribution < 1.29 is 4.79 Å². The van der Waals surface area contributed by atoms with Crippen molar-refractivity contribution in [2.75, 3.05) is 27.2 Å². The first kappa shape index (κ1) is 15.0. The summed E-state index contributed by atoms with van der Waals surface area (Å²) in [6.07, 6.45) is 3.03. The van der Waals surface area contributed by atoms with Crippen LogP contribution in [0.3, 0.4) is 0 Å². The lowest BCUT2D eigenvalue weighted by molar-refractivity contribution is -0.133. The first-order chi connectivity index (χ1) is 8.49. The van der Waals surface area contributed by atoms with Gasteiger partial charge in [0.2, 0.25) is 5.91 Å². The summed E-state index contributed by atoms with van der Waals surface area (Å²) in [6, 6.07) is 0.